The molecule has 0 spiro atoms. The summed E-state index contributed by atoms with van der Waals surface area (Å²) in [4.78, 5) is 37.4. The SMILES string of the molecule is COc1ccccc1NC(=O)C(=O)N/N=C/c1ccccc1OC(=O)c1sc2ccccc2c1Cl. The normalized spacial score (nSPS) is 10.8. The third kappa shape index (κ3) is 5.48. The van der Waals surface area contributed by atoms with Gasteiger partial charge in [0.2, 0.25) is 0 Å². The van der Waals surface area contributed by atoms with Gasteiger partial charge in [-0.05, 0) is 30.3 Å². The third-order valence-electron chi connectivity index (χ3n) is 4.77. The van der Waals surface area contributed by atoms with Gasteiger partial charge in [-0.1, -0.05) is 54.1 Å². The van der Waals surface area contributed by atoms with Crippen molar-refractivity contribution in [3.63, 3.8) is 0 Å². The maximum Gasteiger partial charge on any atom is 0.355 e. The van der Waals surface area contributed by atoms with E-state index in [1.54, 1.807) is 48.5 Å². The van der Waals surface area contributed by atoms with E-state index in [-0.39, 0.29) is 10.6 Å². The molecule has 0 unspecified atom stereocenters. The highest BCUT2D eigenvalue weighted by Crippen LogP contribution is 2.36. The molecule has 0 bridgehead atoms. The van der Waals surface area contributed by atoms with E-state index in [0.29, 0.717) is 22.0 Å². The predicted molar refractivity (Wildman–Crippen MR) is 136 cm³/mol. The van der Waals surface area contributed by atoms with Crippen LogP contribution in [0.5, 0.6) is 11.5 Å². The lowest BCUT2D eigenvalue weighted by molar-refractivity contribution is -0.136. The van der Waals surface area contributed by atoms with Crippen LogP contribution in [-0.2, 0) is 9.59 Å². The molecule has 10 heteroatoms. The van der Waals surface area contributed by atoms with E-state index in [2.05, 4.69) is 15.8 Å². The van der Waals surface area contributed by atoms with Gasteiger partial charge in [-0.2, -0.15) is 5.10 Å². The quantitative estimate of drug-likeness (QED) is 0.127. The molecule has 8 nitrogen and oxygen atoms in total. The highest BCUT2D eigenvalue weighted by Gasteiger charge is 2.20. The first kappa shape index (κ1) is 23.9. The van der Waals surface area contributed by atoms with Gasteiger partial charge < -0.3 is 14.8 Å². The Labute approximate surface area is 209 Å². The highest BCUT2D eigenvalue weighted by atomic mass is 35.5. The molecule has 1 heterocycles. The lowest BCUT2D eigenvalue weighted by Gasteiger charge is -2.09. The monoisotopic (exact) mass is 507 g/mol. The Morgan fingerprint density at radius 3 is 2.37 bits per heavy atom. The number of fused-ring (bicyclic) bond motifs is 1. The molecular formula is C25H18ClN3O5S. The highest BCUT2D eigenvalue weighted by molar-refractivity contribution is 7.21. The molecule has 0 fully saturated rings. The fourth-order valence-electron chi connectivity index (χ4n) is 3.11. The standard InChI is InChI=1S/C25H18ClN3O5S/c1-33-19-12-6-4-10-17(19)28-23(30)24(31)29-27-14-15-8-2-5-11-18(15)34-25(32)22-21(26)16-9-3-7-13-20(16)35-22/h2-14H,1H3,(H,28,30)(H,29,31)/b27-14+. The van der Waals surface area contributed by atoms with Gasteiger partial charge in [-0.15, -0.1) is 11.3 Å². The number of amides is 2. The number of halogens is 1. The van der Waals surface area contributed by atoms with Crippen LogP contribution in [0, 0.1) is 0 Å². The molecule has 0 saturated carbocycles. The van der Waals surface area contributed by atoms with Gasteiger partial charge in [0.1, 0.15) is 16.4 Å². The van der Waals surface area contributed by atoms with Gasteiger partial charge in [-0.25, -0.2) is 10.2 Å². The molecular weight excluding hydrogens is 490 g/mol. The molecule has 1 aromatic heterocycles. The molecule has 2 N–H and O–H groups in total. The number of nitrogens with one attached hydrogen (secondary N) is 2. The summed E-state index contributed by atoms with van der Waals surface area (Å²) in [6.07, 6.45) is 1.27. The Morgan fingerprint density at radius 1 is 0.914 bits per heavy atom. The molecule has 35 heavy (non-hydrogen) atoms. The zero-order chi connectivity index (χ0) is 24.8. The molecule has 0 radical (unpaired) electrons. The van der Waals surface area contributed by atoms with E-state index in [9.17, 15) is 14.4 Å². The largest absolute Gasteiger partial charge is 0.495 e. The van der Waals surface area contributed by atoms with Gasteiger partial charge in [0.25, 0.3) is 0 Å². The van der Waals surface area contributed by atoms with Gasteiger partial charge in [-0.3, -0.25) is 9.59 Å². The zero-order valence-electron chi connectivity index (χ0n) is 18.3. The van der Waals surface area contributed by atoms with Gasteiger partial charge >= 0.3 is 17.8 Å². The number of para-hydroxylation sites is 3. The van der Waals surface area contributed by atoms with Crippen LogP contribution >= 0.6 is 22.9 Å². The van der Waals surface area contributed by atoms with Crippen molar-refractivity contribution in [3.8, 4) is 11.5 Å². The number of esters is 1. The van der Waals surface area contributed by atoms with E-state index in [0.717, 1.165) is 10.1 Å². The molecule has 4 aromatic rings. The first-order chi connectivity index (χ1) is 17.0. The summed E-state index contributed by atoms with van der Waals surface area (Å²) in [6.45, 7) is 0. The van der Waals surface area contributed by atoms with Crippen LogP contribution in [0.15, 0.2) is 77.9 Å². The van der Waals surface area contributed by atoms with Gasteiger partial charge in [0, 0.05) is 15.6 Å². The average Bonchev–Trinajstić information content (AvgIpc) is 3.22. The maximum absolute atomic E-state index is 12.8. The number of hydrogen-bond acceptors (Lipinski definition) is 7. The number of methoxy groups -OCH3 is 1. The first-order valence-corrected chi connectivity index (χ1v) is 11.4. The number of rotatable bonds is 6. The van der Waals surface area contributed by atoms with Crippen LogP contribution in [0.3, 0.4) is 0 Å². The van der Waals surface area contributed by atoms with Gasteiger partial charge in [0.05, 0.1) is 24.0 Å². The second-order valence-electron chi connectivity index (χ2n) is 7.02. The average molecular weight is 508 g/mol. The van der Waals surface area contributed by atoms with Crippen molar-refractivity contribution < 1.29 is 23.9 Å². The molecule has 0 atom stereocenters. The summed E-state index contributed by atoms with van der Waals surface area (Å²) in [5.41, 5.74) is 2.90. The minimum atomic E-state index is -0.987. The van der Waals surface area contributed by atoms with Crippen molar-refractivity contribution in [3.05, 3.63) is 88.3 Å². The van der Waals surface area contributed by atoms with E-state index in [1.807, 2.05) is 24.3 Å². The molecule has 0 aliphatic heterocycles. The smallest absolute Gasteiger partial charge is 0.355 e. The lowest BCUT2D eigenvalue weighted by Crippen LogP contribution is -2.32. The molecule has 0 aliphatic carbocycles. The second kappa shape index (κ2) is 10.8. The number of benzene rings is 3. The number of thiophene rings is 1. The summed E-state index contributed by atoms with van der Waals surface area (Å²) < 4.78 is 11.6. The van der Waals surface area contributed by atoms with Gasteiger partial charge in [0.15, 0.2) is 0 Å². The van der Waals surface area contributed by atoms with Crippen molar-refractivity contribution in [2.75, 3.05) is 12.4 Å². The minimum absolute atomic E-state index is 0.211. The molecule has 2 amide bonds. The number of hydrazone groups is 1. The summed E-state index contributed by atoms with van der Waals surface area (Å²) in [5.74, 6) is -1.91. The molecule has 3 aromatic carbocycles. The Bertz CT molecular complexity index is 1450. The van der Waals surface area contributed by atoms with Crippen molar-refractivity contribution >= 4 is 62.7 Å². The molecule has 0 saturated heterocycles. The third-order valence-corrected chi connectivity index (χ3v) is 6.43. The number of carbonyl (C=O) groups is 3. The summed E-state index contributed by atoms with van der Waals surface area (Å²) >= 11 is 7.61. The second-order valence-corrected chi connectivity index (χ2v) is 8.45. The van der Waals surface area contributed by atoms with E-state index in [4.69, 9.17) is 21.1 Å². The number of ether oxygens (including phenoxy) is 2. The Balaban J connectivity index is 1.43. The fourth-order valence-corrected chi connectivity index (χ4v) is 4.49. The molecule has 4 rings (SSSR count). The van der Waals surface area contributed by atoms with Crippen LogP contribution in [0.1, 0.15) is 15.2 Å². The zero-order valence-corrected chi connectivity index (χ0v) is 19.9. The van der Waals surface area contributed by atoms with Crippen LogP contribution in [0.4, 0.5) is 5.69 Å². The van der Waals surface area contributed by atoms with E-state index < -0.39 is 17.8 Å². The summed E-state index contributed by atoms with van der Waals surface area (Å²) in [7, 11) is 1.45. The van der Waals surface area contributed by atoms with E-state index in [1.165, 1.54) is 24.7 Å². The summed E-state index contributed by atoms with van der Waals surface area (Å²) in [5, 5.41) is 7.36. The maximum atomic E-state index is 12.8. The predicted octanol–water partition coefficient (Wildman–Crippen LogP) is 4.87. The Hall–Kier alpha value is -4.21. The first-order valence-electron chi connectivity index (χ1n) is 10.2. The van der Waals surface area contributed by atoms with Crippen LogP contribution in [0.2, 0.25) is 5.02 Å². The minimum Gasteiger partial charge on any atom is -0.495 e. The Morgan fingerprint density at radius 2 is 1.60 bits per heavy atom. The van der Waals surface area contributed by atoms with Crippen LogP contribution in [0.25, 0.3) is 10.1 Å². The van der Waals surface area contributed by atoms with Crippen LogP contribution < -0.4 is 20.2 Å². The van der Waals surface area contributed by atoms with E-state index >= 15 is 0 Å². The van der Waals surface area contributed by atoms with Crippen molar-refractivity contribution in [1.29, 1.82) is 0 Å². The number of nitrogens with zero attached hydrogens (tertiary/aromatic N) is 1. The lowest BCUT2D eigenvalue weighted by atomic mass is 10.2. The van der Waals surface area contributed by atoms with Crippen molar-refractivity contribution in [2.45, 2.75) is 0 Å². The topological polar surface area (TPSA) is 106 Å². The summed E-state index contributed by atoms with van der Waals surface area (Å²) in [6, 6.07) is 20.7. The van der Waals surface area contributed by atoms with Crippen molar-refractivity contribution in [2.24, 2.45) is 5.10 Å². The van der Waals surface area contributed by atoms with Crippen LogP contribution in [-0.4, -0.2) is 31.1 Å². The fraction of sp³-hybridized carbons (Fsp3) is 0.0400. The Kier molecular flexibility index (Phi) is 7.39. The molecule has 176 valence electrons. The number of hydrogen-bond donors (Lipinski definition) is 2. The number of anilines is 1. The number of carbonyl (C=O) groups excluding carboxylic acids is 3. The van der Waals surface area contributed by atoms with Crippen molar-refractivity contribution in [1.82, 2.24) is 5.43 Å². The molecule has 0 aliphatic rings.